The van der Waals surface area contributed by atoms with Crippen molar-refractivity contribution in [2.45, 2.75) is 26.4 Å². The van der Waals surface area contributed by atoms with Crippen LogP contribution in [0.15, 0.2) is 54.6 Å². The van der Waals surface area contributed by atoms with Crippen LogP contribution in [0, 0.1) is 5.92 Å². The number of hydrogen-bond acceptors (Lipinski definition) is 1. The van der Waals surface area contributed by atoms with Crippen LogP contribution >= 0.6 is 0 Å². The minimum Gasteiger partial charge on any atom is -0.485 e. The van der Waals surface area contributed by atoms with E-state index >= 15 is 0 Å². The first-order valence-corrected chi connectivity index (χ1v) is 7.27. The molecule has 102 valence electrons. The van der Waals surface area contributed by atoms with E-state index in [4.69, 9.17) is 4.74 Å². The summed E-state index contributed by atoms with van der Waals surface area (Å²) in [5.41, 5.74) is 3.74. The first kappa shape index (κ1) is 13.0. The molecule has 0 radical (unpaired) electrons. The Balaban J connectivity index is 2.01. The maximum Gasteiger partial charge on any atom is 0.128 e. The quantitative estimate of drug-likeness (QED) is 0.730. The molecule has 1 nitrogen and oxygen atoms in total. The molecule has 0 aliphatic carbocycles. The van der Waals surface area contributed by atoms with Crippen molar-refractivity contribution in [1.82, 2.24) is 0 Å². The van der Waals surface area contributed by atoms with Gasteiger partial charge in [0.05, 0.1) is 0 Å². The van der Waals surface area contributed by atoms with E-state index in [2.05, 4.69) is 68.5 Å². The van der Waals surface area contributed by atoms with E-state index in [1.54, 1.807) is 0 Å². The lowest BCUT2D eigenvalue weighted by atomic mass is 9.92. The lowest BCUT2D eigenvalue weighted by Gasteiger charge is -2.28. The Kier molecular flexibility index (Phi) is 3.60. The average Bonchev–Trinajstić information content (AvgIpc) is 2.47. The maximum absolute atomic E-state index is 6.27. The molecular weight excluding hydrogens is 244 g/mol. The second-order valence-electron chi connectivity index (χ2n) is 5.74. The van der Waals surface area contributed by atoms with Gasteiger partial charge in [-0.1, -0.05) is 68.4 Å². The first-order chi connectivity index (χ1) is 9.74. The molecule has 3 rings (SSSR count). The van der Waals surface area contributed by atoms with Crippen LogP contribution in [0.5, 0.6) is 0 Å². The van der Waals surface area contributed by atoms with Gasteiger partial charge in [-0.15, -0.1) is 0 Å². The zero-order chi connectivity index (χ0) is 13.9. The predicted octanol–water partition coefficient (Wildman–Crippen LogP) is 5.30. The molecule has 1 aliphatic rings. The Hall–Kier alpha value is -2.02. The Bertz CT molecular complexity index is 611. The molecule has 0 amide bonds. The summed E-state index contributed by atoms with van der Waals surface area (Å²) in [5, 5.41) is 0. The normalized spacial score (nSPS) is 17.4. The SMILES string of the molecule is CC(C)C[C@@H]1OC(c2ccccc2)=Cc2ccccc21. The zero-order valence-corrected chi connectivity index (χ0v) is 12.0. The highest BCUT2D eigenvalue weighted by Crippen LogP contribution is 2.38. The van der Waals surface area contributed by atoms with Crippen molar-refractivity contribution in [3.05, 3.63) is 71.3 Å². The molecule has 20 heavy (non-hydrogen) atoms. The van der Waals surface area contributed by atoms with Gasteiger partial charge < -0.3 is 4.74 Å². The largest absolute Gasteiger partial charge is 0.485 e. The fraction of sp³-hybridized carbons (Fsp3) is 0.263. The van der Waals surface area contributed by atoms with Crippen molar-refractivity contribution in [2.24, 2.45) is 5.92 Å². The van der Waals surface area contributed by atoms with Gasteiger partial charge in [-0.3, -0.25) is 0 Å². The third-order valence-electron chi connectivity index (χ3n) is 3.64. The number of hydrogen-bond donors (Lipinski definition) is 0. The molecule has 1 aliphatic heterocycles. The lowest BCUT2D eigenvalue weighted by molar-refractivity contribution is 0.142. The van der Waals surface area contributed by atoms with Gasteiger partial charge in [0.2, 0.25) is 0 Å². The van der Waals surface area contributed by atoms with Gasteiger partial charge >= 0.3 is 0 Å². The Labute approximate surface area is 120 Å². The standard InChI is InChI=1S/C19H20O/c1-14(2)12-19-17-11-7-6-10-16(17)13-18(20-19)15-8-4-3-5-9-15/h3-11,13-14,19H,12H2,1-2H3/t19-/m0/s1. The second-order valence-corrected chi connectivity index (χ2v) is 5.74. The highest BCUT2D eigenvalue weighted by molar-refractivity contribution is 5.80. The molecule has 1 heterocycles. The second kappa shape index (κ2) is 5.54. The molecule has 0 aromatic heterocycles. The van der Waals surface area contributed by atoms with Crippen molar-refractivity contribution in [1.29, 1.82) is 0 Å². The van der Waals surface area contributed by atoms with Gasteiger partial charge in [0.25, 0.3) is 0 Å². The Morgan fingerprint density at radius 3 is 2.40 bits per heavy atom. The monoisotopic (exact) mass is 264 g/mol. The van der Waals surface area contributed by atoms with E-state index < -0.39 is 0 Å². The third kappa shape index (κ3) is 2.62. The number of fused-ring (bicyclic) bond motifs is 1. The van der Waals surface area contributed by atoms with E-state index in [0.29, 0.717) is 5.92 Å². The molecule has 0 fully saturated rings. The van der Waals surface area contributed by atoms with Crippen molar-refractivity contribution in [3.63, 3.8) is 0 Å². The molecule has 1 heteroatoms. The van der Waals surface area contributed by atoms with Crippen LogP contribution in [0.25, 0.3) is 11.8 Å². The Morgan fingerprint density at radius 1 is 0.950 bits per heavy atom. The van der Waals surface area contributed by atoms with Gasteiger partial charge in [-0.05, 0) is 29.5 Å². The van der Waals surface area contributed by atoms with Crippen LogP contribution in [-0.2, 0) is 4.74 Å². The Morgan fingerprint density at radius 2 is 1.65 bits per heavy atom. The summed E-state index contributed by atoms with van der Waals surface area (Å²) >= 11 is 0. The predicted molar refractivity (Wildman–Crippen MR) is 84.0 cm³/mol. The first-order valence-electron chi connectivity index (χ1n) is 7.27. The molecule has 2 aromatic carbocycles. The minimum absolute atomic E-state index is 0.159. The van der Waals surface area contributed by atoms with E-state index in [1.165, 1.54) is 11.1 Å². The van der Waals surface area contributed by atoms with Crippen molar-refractivity contribution >= 4 is 11.8 Å². The minimum atomic E-state index is 0.159. The summed E-state index contributed by atoms with van der Waals surface area (Å²) in [7, 11) is 0. The van der Waals surface area contributed by atoms with Crippen molar-refractivity contribution < 1.29 is 4.74 Å². The number of ether oxygens (including phenoxy) is 1. The van der Waals surface area contributed by atoms with Crippen LogP contribution in [0.1, 0.15) is 43.1 Å². The molecule has 0 unspecified atom stereocenters. The van der Waals surface area contributed by atoms with Crippen LogP contribution in [-0.4, -0.2) is 0 Å². The van der Waals surface area contributed by atoms with E-state index in [1.807, 2.05) is 6.07 Å². The fourth-order valence-corrected chi connectivity index (χ4v) is 2.68. The third-order valence-corrected chi connectivity index (χ3v) is 3.64. The topological polar surface area (TPSA) is 9.23 Å². The summed E-state index contributed by atoms with van der Waals surface area (Å²) in [6, 6.07) is 18.9. The van der Waals surface area contributed by atoms with Crippen molar-refractivity contribution in [3.8, 4) is 0 Å². The number of rotatable bonds is 3. The van der Waals surface area contributed by atoms with Crippen LogP contribution in [0.2, 0.25) is 0 Å². The van der Waals surface area contributed by atoms with Crippen molar-refractivity contribution in [2.75, 3.05) is 0 Å². The summed E-state index contributed by atoms with van der Waals surface area (Å²) in [4.78, 5) is 0. The molecule has 1 atom stereocenters. The van der Waals surface area contributed by atoms with E-state index in [9.17, 15) is 0 Å². The summed E-state index contributed by atoms with van der Waals surface area (Å²) in [6.45, 7) is 4.49. The summed E-state index contributed by atoms with van der Waals surface area (Å²) in [6.07, 6.45) is 3.36. The highest BCUT2D eigenvalue weighted by Gasteiger charge is 2.23. The molecule has 2 aromatic rings. The summed E-state index contributed by atoms with van der Waals surface area (Å²) < 4.78 is 6.27. The van der Waals surface area contributed by atoms with Crippen LogP contribution < -0.4 is 0 Å². The van der Waals surface area contributed by atoms with Gasteiger partial charge in [0, 0.05) is 5.56 Å². The molecule has 0 saturated heterocycles. The van der Waals surface area contributed by atoms with Gasteiger partial charge in [0.15, 0.2) is 0 Å². The van der Waals surface area contributed by atoms with E-state index in [-0.39, 0.29) is 6.10 Å². The smallest absolute Gasteiger partial charge is 0.128 e. The molecular formula is C19H20O. The molecule has 0 bridgehead atoms. The van der Waals surface area contributed by atoms with Gasteiger partial charge in [0.1, 0.15) is 11.9 Å². The van der Waals surface area contributed by atoms with Crippen LogP contribution in [0.3, 0.4) is 0 Å². The van der Waals surface area contributed by atoms with Crippen LogP contribution in [0.4, 0.5) is 0 Å². The van der Waals surface area contributed by atoms with Gasteiger partial charge in [-0.25, -0.2) is 0 Å². The lowest BCUT2D eigenvalue weighted by Crippen LogP contribution is -2.12. The summed E-state index contributed by atoms with van der Waals surface area (Å²) in [5.74, 6) is 1.60. The zero-order valence-electron chi connectivity index (χ0n) is 12.0. The maximum atomic E-state index is 6.27. The van der Waals surface area contributed by atoms with Gasteiger partial charge in [-0.2, -0.15) is 0 Å². The highest BCUT2D eigenvalue weighted by atomic mass is 16.5. The number of benzene rings is 2. The molecule has 0 N–H and O–H groups in total. The molecule has 0 spiro atoms. The molecule has 0 saturated carbocycles. The fourth-order valence-electron chi connectivity index (χ4n) is 2.68. The average molecular weight is 264 g/mol. The van der Waals surface area contributed by atoms with E-state index in [0.717, 1.165) is 17.7 Å².